The molecule has 1 amide bonds. The molecule has 1 rings (SSSR count). The minimum atomic E-state index is -0.874. The number of nitrogens with zero attached hydrogens (tertiary/aromatic N) is 1. The maximum absolute atomic E-state index is 10.7. The Kier molecular flexibility index (Phi) is 3.59. The van der Waals surface area contributed by atoms with Crippen LogP contribution in [0.2, 0.25) is 0 Å². The van der Waals surface area contributed by atoms with E-state index in [1.54, 1.807) is 24.3 Å². The van der Waals surface area contributed by atoms with E-state index in [2.05, 4.69) is 10.5 Å². The van der Waals surface area contributed by atoms with Gasteiger partial charge in [-0.05, 0) is 22.9 Å². The van der Waals surface area contributed by atoms with Crippen molar-refractivity contribution in [3.63, 3.8) is 0 Å². The van der Waals surface area contributed by atoms with Gasteiger partial charge in [0.2, 0.25) is 5.91 Å². The third-order valence-corrected chi connectivity index (χ3v) is 1.93. The molecule has 0 heterocycles. The lowest BCUT2D eigenvalue weighted by atomic mass is 10.2. The van der Waals surface area contributed by atoms with E-state index in [-0.39, 0.29) is 5.91 Å². The third kappa shape index (κ3) is 2.81. The summed E-state index contributed by atoms with van der Waals surface area (Å²) in [4.78, 5) is 20.8. The van der Waals surface area contributed by atoms with Gasteiger partial charge in [0.05, 0.1) is 0 Å². The predicted molar refractivity (Wildman–Crippen MR) is 55.1 cm³/mol. The molecule has 5 heteroatoms. The van der Waals surface area contributed by atoms with E-state index in [0.29, 0.717) is 11.3 Å². The van der Waals surface area contributed by atoms with Crippen LogP contribution in [-0.4, -0.2) is 5.91 Å². The van der Waals surface area contributed by atoms with E-state index in [1.165, 1.54) is 6.92 Å². The maximum Gasteiger partial charge on any atom is 0.221 e. The zero-order valence-electron chi connectivity index (χ0n) is 7.53. The molecule has 74 valence electrons. The molecular weight excluding hydrogens is 204 g/mol. The van der Waals surface area contributed by atoms with Crippen molar-refractivity contribution in [1.29, 1.82) is 0 Å². The third-order valence-electron chi connectivity index (χ3n) is 1.60. The second-order valence-electron chi connectivity index (χ2n) is 2.74. The van der Waals surface area contributed by atoms with Gasteiger partial charge >= 0.3 is 0 Å². The Bertz CT molecular complexity index is 337. The summed E-state index contributed by atoms with van der Waals surface area (Å²) in [7, 11) is 0. The molecule has 0 aliphatic carbocycles. The van der Waals surface area contributed by atoms with Crippen LogP contribution >= 0.6 is 11.6 Å². The normalized spacial score (nSPS) is 11.9. The van der Waals surface area contributed by atoms with Crippen molar-refractivity contribution in [1.82, 2.24) is 0 Å². The molecule has 0 fully saturated rings. The van der Waals surface area contributed by atoms with E-state index in [0.717, 1.165) is 0 Å². The monoisotopic (exact) mass is 212 g/mol. The lowest BCUT2D eigenvalue weighted by Gasteiger charge is -2.04. The van der Waals surface area contributed by atoms with E-state index in [1.807, 2.05) is 0 Å². The Labute approximate surface area is 86.2 Å². The highest BCUT2D eigenvalue weighted by molar-refractivity contribution is 6.20. The number of hydrogen-bond donors (Lipinski definition) is 1. The maximum atomic E-state index is 10.7. The largest absolute Gasteiger partial charge is 0.326 e. The first-order chi connectivity index (χ1) is 6.63. The zero-order valence-corrected chi connectivity index (χ0v) is 8.28. The average molecular weight is 213 g/mol. The van der Waals surface area contributed by atoms with E-state index in [4.69, 9.17) is 11.6 Å². The minimum absolute atomic E-state index is 0.145. The molecule has 0 aromatic heterocycles. The highest BCUT2D eigenvalue weighted by atomic mass is 35.5. The molecule has 0 aliphatic rings. The van der Waals surface area contributed by atoms with Crippen molar-refractivity contribution >= 4 is 23.2 Å². The lowest BCUT2D eigenvalue weighted by Crippen LogP contribution is -2.05. The predicted octanol–water partition coefficient (Wildman–Crippen LogP) is 2.65. The first-order valence-corrected chi connectivity index (χ1v) is 4.41. The van der Waals surface area contributed by atoms with Gasteiger partial charge < -0.3 is 5.32 Å². The molecule has 4 nitrogen and oxygen atoms in total. The molecule has 1 aromatic rings. The molecule has 0 spiro atoms. The molecule has 0 radical (unpaired) electrons. The van der Waals surface area contributed by atoms with Crippen LogP contribution in [0.25, 0.3) is 0 Å². The summed E-state index contributed by atoms with van der Waals surface area (Å²) >= 11 is 5.58. The number of nitrogens with one attached hydrogen (secondary N) is 1. The molecule has 0 saturated carbocycles. The van der Waals surface area contributed by atoms with E-state index in [9.17, 15) is 9.70 Å². The molecule has 14 heavy (non-hydrogen) atoms. The molecule has 0 saturated heterocycles. The van der Waals surface area contributed by atoms with Crippen LogP contribution in [0.3, 0.4) is 0 Å². The van der Waals surface area contributed by atoms with Gasteiger partial charge in [0.25, 0.3) is 0 Å². The van der Waals surface area contributed by atoms with Crippen molar-refractivity contribution in [2.45, 2.75) is 12.4 Å². The van der Waals surface area contributed by atoms with E-state index < -0.39 is 5.50 Å². The number of hydrogen-bond acceptors (Lipinski definition) is 3. The SMILES string of the molecule is CC(=O)Nc1ccc(C(Cl)N=O)cc1. The highest BCUT2D eigenvalue weighted by Gasteiger charge is 2.06. The number of rotatable bonds is 3. The molecular formula is C9H9ClN2O2. The smallest absolute Gasteiger partial charge is 0.221 e. The number of anilines is 1. The summed E-state index contributed by atoms with van der Waals surface area (Å²) in [6.07, 6.45) is 0. The summed E-state index contributed by atoms with van der Waals surface area (Å²) in [6, 6.07) is 6.61. The van der Waals surface area contributed by atoms with Gasteiger partial charge in [-0.1, -0.05) is 23.7 Å². The van der Waals surface area contributed by atoms with Gasteiger partial charge in [0, 0.05) is 12.6 Å². The Morgan fingerprint density at radius 1 is 1.43 bits per heavy atom. The second kappa shape index (κ2) is 4.72. The fraction of sp³-hybridized carbons (Fsp3) is 0.222. The minimum Gasteiger partial charge on any atom is -0.326 e. The van der Waals surface area contributed by atoms with Crippen molar-refractivity contribution in [2.24, 2.45) is 5.18 Å². The van der Waals surface area contributed by atoms with Crippen LogP contribution in [-0.2, 0) is 4.79 Å². The summed E-state index contributed by atoms with van der Waals surface area (Å²) < 4.78 is 0. The number of amides is 1. The highest BCUT2D eigenvalue weighted by Crippen LogP contribution is 2.22. The van der Waals surface area contributed by atoms with Gasteiger partial charge in [-0.25, -0.2) is 0 Å². The number of halogens is 1. The number of carbonyl (C=O) groups excluding carboxylic acids is 1. The van der Waals surface area contributed by atoms with Gasteiger partial charge in [-0.15, -0.1) is 4.91 Å². The van der Waals surface area contributed by atoms with Gasteiger partial charge in [-0.3, -0.25) is 4.79 Å². The first kappa shape index (κ1) is 10.7. The van der Waals surface area contributed by atoms with Crippen molar-refractivity contribution in [3.05, 3.63) is 34.7 Å². The summed E-state index contributed by atoms with van der Waals surface area (Å²) in [5, 5.41) is 5.28. The lowest BCUT2D eigenvalue weighted by molar-refractivity contribution is -0.114. The van der Waals surface area contributed by atoms with Gasteiger partial charge in [-0.2, -0.15) is 0 Å². The molecule has 0 bridgehead atoms. The number of nitroso groups, excluding NO2 is 1. The van der Waals surface area contributed by atoms with Crippen molar-refractivity contribution < 1.29 is 4.79 Å². The molecule has 0 aliphatic heterocycles. The molecule has 1 atom stereocenters. The van der Waals surface area contributed by atoms with Crippen LogP contribution in [0.5, 0.6) is 0 Å². The fourth-order valence-electron chi connectivity index (χ4n) is 0.989. The number of alkyl halides is 1. The van der Waals surface area contributed by atoms with Crippen molar-refractivity contribution in [2.75, 3.05) is 5.32 Å². The molecule has 1 unspecified atom stereocenters. The van der Waals surface area contributed by atoms with Gasteiger partial charge in [0.15, 0.2) is 5.50 Å². The Morgan fingerprint density at radius 2 is 2.00 bits per heavy atom. The molecule has 1 N–H and O–H groups in total. The quantitative estimate of drug-likeness (QED) is 0.476. The Morgan fingerprint density at radius 3 is 2.43 bits per heavy atom. The van der Waals surface area contributed by atoms with Crippen LogP contribution < -0.4 is 5.32 Å². The van der Waals surface area contributed by atoms with Crippen molar-refractivity contribution in [3.8, 4) is 0 Å². The van der Waals surface area contributed by atoms with E-state index >= 15 is 0 Å². The first-order valence-electron chi connectivity index (χ1n) is 3.97. The summed E-state index contributed by atoms with van der Waals surface area (Å²) in [5.74, 6) is -0.145. The topological polar surface area (TPSA) is 58.5 Å². The van der Waals surface area contributed by atoms with Crippen LogP contribution in [0.15, 0.2) is 29.4 Å². The average Bonchev–Trinajstić information content (AvgIpc) is 2.17. The van der Waals surface area contributed by atoms with Crippen LogP contribution in [0.4, 0.5) is 5.69 Å². The Balaban J connectivity index is 2.78. The van der Waals surface area contributed by atoms with Crippen LogP contribution in [0.1, 0.15) is 18.0 Å². The van der Waals surface area contributed by atoms with Crippen LogP contribution in [0, 0.1) is 4.91 Å². The fourth-order valence-corrected chi connectivity index (χ4v) is 1.13. The van der Waals surface area contributed by atoms with Gasteiger partial charge in [0.1, 0.15) is 0 Å². The summed E-state index contributed by atoms with van der Waals surface area (Å²) in [6.45, 7) is 1.42. The number of carbonyl (C=O) groups is 1. The second-order valence-corrected chi connectivity index (χ2v) is 3.16. The zero-order chi connectivity index (χ0) is 10.6. The standard InChI is InChI=1S/C9H9ClN2O2/c1-6(13)11-8-4-2-7(3-5-8)9(10)12-14/h2-5,9H,1H3,(H,11,13). The molecule has 1 aromatic carbocycles. The Hall–Kier alpha value is -1.42. The summed E-state index contributed by atoms with van der Waals surface area (Å²) in [5.41, 5.74) is 0.396. The number of benzene rings is 1.